The quantitative estimate of drug-likeness (QED) is 0.252. The van der Waals surface area contributed by atoms with Crippen LogP contribution in [0.2, 0.25) is 10.0 Å². The van der Waals surface area contributed by atoms with Crippen molar-refractivity contribution in [1.82, 2.24) is 14.7 Å². The molecule has 0 spiro atoms. The van der Waals surface area contributed by atoms with Gasteiger partial charge in [-0.25, -0.2) is 0 Å². The Balaban J connectivity index is 0.00000423. The van der Waals surface area contributed by atoms with Gasteiger partial charge in [0.25, 0.3) is 5.91 Å². The minimum atomic E-state index is -0.271. The zero-order valence-electron chi connectivity index (χ0n) is 25.1. The van der Waals surface area contributed by atoms with Crippen LogP contribution >= 0.6 is 35.6 Å². The predicted octanol–water partition coefficient (Wildman–Crippen LogP) is 7.84. The number of carbonyl (C=O) groups is 2. The van der Waals surface area contributed by atoms with Crippen molar-refractivity contribution in [2.24, 2.45) is 0 Å². The van der Waals surface area contributed by atoms with Gasteiger partial charge >= 0.3 is 0 Å². The van der Waals surface area contributed by atoms with Gasteiger partial charge in [-0.2, -0.15) is 0 Å². The fraction of sp³-hybridized carbons (Fsp3) is 0.429. The van der Waals surface area contributed by atoms with Crippen LogP contribution in [0.25, 0.3) is 0 Å². The molecular weight excluding hydrogens is 601 g/mol. The van der Waals surface area contributed by atoms with E-state index in [0.717, 1.165) is 75.8 Å². The predicted molar refractivity (Wildman–Crippen MR) is 178 cm³/mol. The molecule has 0 aromatic heterocycles. The lowest BCUT2D eigenvalue weighted by atomic mass is 9.70. The van der Waals surface area contributed by atoms with Crippen molar-refractivity contribution >= 4 is 47.4 Å². The molecule has 1 atom stereocenters. The number of hydrogen-bond acceptors (Lipinski definition) is 3. The molecule has 0 N–H and O–H groups in total. The molecule has 2 fully saturated rings. The van der Waals surface area contributed by atoms with Gasteiger partial charge in [-0.3, -0.25) is 9.59 Å². The van der Waals surface area contributed by atoms with E-state index in [-0.39, 0.29) is 35.2 Å². The molecule has 5 rings (SSSR count). The lowest BCUT2D eigenvalue weighted by Gasteiger charge is -2.48. The van der Waals surface area contributed by atoms with Crippen molar-refractivity contribution in [3.8, 4) is 0 Å². The highest BCUT2D eigenvalue weighted by Gasteiger charge is 2.42. The van der Waals surface area contributed by atoms with Gasteiger partial charge in [0.05, 0.1) is 15.6 Å². The standard InChI is InChI=1S/C35H41Cl2N3O2.ClH/c1-27(41)38(2)35(29-13-7-4-8-14-29)19-23-39(24-20-35)21-9-17-34(30-15-16-31(36)32(37)25-30)18-10-22-40(26-34)33(42)28-11-5-3-6-12-28;/h3-8,11-16,25H,9-10,17-24,26H2,1-2H3;1H/t34-;/m0./s1. The number of amides is 2. The highest BCUT2D eigenvalue weighted by molar-refractivity contribution is 6.42. The van der Waals surface area contributed by atoms with Gasteiger partial charge in [0.1, 0.15) is 0 Å². The summed E-state index contributed by atoms with van der Waals surface area (Å²) in [6.07, 6.45) is 5.73. The Hall–Kier alpha value is -2.57. The van der Waals surface area contributed by atoms with Crippen molar-refractivity contribution < 1.29 is 9.59 Å². The van der Waals surface area contributed by atoms with Crippen molar-refractivity contribution in [2.45, 2.75) is 56.4 Å². The van der Waals surface area contributed by atoms with Gasteiger partial charge in [-0.1, -0.05) is 77.8 Å². The Morgan fingerprint density at radius 1 is 0.837 bits per heavy atom. The summed E-state index contributed by atoms with van der Waals surface area (Å²) < 4.78 is 0. The first-order chi connectivity index (χ1) is 20.2. The first-order valence-electron chi connectivity index (χ1n) is 15.1. The van der Waals surface area contributed by atoms with Gasteiger partial charge in [-0.15, -0.1) is 12.4 Å². The van der Waals surface area contributed by atoms with Crippen LogP contribution in [0.3, 0.4) is 0 Å². The second-order valence-corrected chi connectivity index (χ2v) is 12.8. The third-order valence-corrected chi connectivity index (χ3v) is 10.4. The molecule has 43 heavy (non-hydrogen) atoms. The molecule has 2 aliphatic heterocycles. The maximum atomic E-state index is 13.5. The van der Waals surface area contributed by atoms with Crippen LogP contribution in [-0.2, 0) is 15.7 Å². The molecule has 2 heterocycles. The van der Waals surface area contributed by atoms with E-state index in [4.69, 9.17) is 23.2 Å². The summed E-state index contributed by atoms with van der Waals surface area (Å²) in [5.74, 6) is 0.186. The molecule has 8 heteroatoms. The number of carbonyl (C=O) groups excluding carboxylic acids is 2. The minimum Gasteiger partial charge on any atom is -0.338 e. The second-order valence-electron chi connectivity index (χ2n) is 12.0. The summed E-state index contributed by atoms with van der Waals surface area (Å²) in [6, 6.07) is 26.0. The number of hydrogen-bond donors (Lipinski definition) is 0. The minimum absolute atomic E-state index is 0. The van der Waals surface area contributed by atoms with Crippen LogP contribution in [0.5, 0.6) is 0 Å². The fourth-order valence-corrected chi connectivity index (χ4v) is 7.43. The molecule has 0 unspecified atom stereocenters. The maximum Gasteiger partial charge on any atom is 0.253 e. The molecule has 0 bridgehead atoms. The monoisotopic (exact) mass is 641 g/mol. The average molecular weight is 643 g/mol. The number of piperidine rings is 2. The number of halogens is 3. The van der Waals surface area contributed by atoms with Crippen LogP contribution in [0.4, 0.5) is 0 Å². The number of nitrogens with zero attached hydrogens (tertiary/aromatic N) is 3. The largest absolute Gasteiger partial charge is 0.338 e. The molecule has 0 saturated carbocycles. The molecule has 3 aromatic carbocycles. The van der Waals surface area contributed by atoms with Crippen molar-refractivity contribution in [3.63, 3.8) is 0 Å². The van der Waals surface area contributed by atoms with E-state index in [9.17, 15) is 9.59 Å². The second kappa shape index (κ2) is 14.5. The van der Waals surface area contributed by atoms with Crippen molar-refractivity contribution in [3.05, 3.63) is 106 Å². The van der Waals surface area contributed by atoms with E-state index in [1.165, 1.54) is 5.56 Å². The van der Waals surface area contributed by atoms with Gasteiger partial charge < -0.3 is 14.7 Å². The molecule has 0 aliphatic carbocycles. The van der Waals surface area contributed by atoms with Crippen LogP contribution in [0.15, 0.2) is 78.9 Å². The first kappa shape index (κ1) is 33.3. The van der Waals surface area contributed by atoms with Crippen molar-refractivity contribution in [2.75, 3.05) is 39.8 Å². The summed E-state index contributed by atoms with van der Waals surface area (Å²) in [7, 11) is 1.94. The Labute approximate surface area is 272 Å². The normalized spacial score (nSPS) is 20.2. The van der Waals surface area contributed by atoms with Crippen LogP contribution in [0, 0.1) is 0 Å². The molecular formula is C35H42Cl3N3O2. The van der Waals surface area contributed by atoms with E-state index >= 15 is 0 Å². The Morgan fingerprint density at radius 3 is 2.12 bits per heavy atom. The zero-order valence-corrected chi connectivity index (χ0v) is 27.4. The molecule has 2 saturated heterocycles. The summed E-state index contributed by atoms with van der Waals surface area (Å²) >= 11 is 12.8. The molecule has 5 nitrogen and oxygen atoms in total. The highest BCUT2D eigenvalue weighted by Crippen LogP contribution is 2.42. The van der Waals surface area contributed by atoms with Gasteiger partial charge in [0.15, 0.2) is 0 Å². The summed E-state index contributed by atoms with van der Waals surface area (Å²) in [4.78, 5) is 32.5. The van der Waals surface area contributed by atoms with Crippen LogP contribution in [-0.4, -0.2) is 66.3 Å². The van der Waals surface area contributed by atoms with Crippen molar-refractivity contribution in [1.29, 1.82) is 0 Å². The third kappa shape index (κ3) is 7.23. The van der Waals surface area contributed by atoms with Crippen LogP contribution in [0.1, 0.15) is 66.9 Å². The molecule has 2 amide bonds. The Kier molecular flexibility index (Phi) is 11.2. The fourth-order valence-electron chi connectivity index (χ4n) is 7.13. The number of benzene rings is 3. The van der Waals surface area contributed by atoms with E-state index < -0.39 is 0 Å². The molecule has 0 radical (unpaired) electrons. The highest BCUT2D eigenvalue weighted by atomic mass is 35.5. The lowest BCUT2D eigenvalue weighted by Crippen LogP contribution is -2.53. The summed E-state index contributed by atoms with van der Waals surface area (Å²) in [6.45, 7) is 5.93. The van der Waals surface area contributed by atoms with Gasteiger partial charge in [-0.05, 0) is 80.5 Å². The van der Waals surface area contributed by atoms with E-state index in [1.54, 1.807) is 6.92 Å². The molecule has 3 aromatic rings. The number of likely N-dealkylation sites (tertiary alicyclic amines) is 2. The third-order valence-electron chi connectivity index (χ3n) is 9.66. The first-order valence-corrected chi connectivity index (χ1v) is 15.8. The van der Waals surface area contributed by atoms with E-state index in [0.29, 0.717) is 16.6 Å². The maximum absolute atomic E-state index is 13.5. The van der Waals surface area contributed by atoms with Crippen LogP contribution < -0.4 is 0 Å². The van der Waals surface area contributed by atoms with Gasteiger partial charge in [0.2, 0.25) is 5.91 Å². The number of rotatable bonds is 8. The average Bonchev–Trinajstić information content (AvgIpc) is 3.03. The smallest absolute Gasteiger partial charge is 0.253 e. The Morgan fingerprint density at radius 2 is 1.49 bits per heavy atom. The van der Waals surface area contributed by atoms with E-state index in [2.05, 4.69) is 35.2 Å². The zero-order chi connectivity index (χ0) is 29.7. The Bertz CT molecular complexity index is 1380. The summed E-state index contributed by atoms with van der Waals surface area (Å²) in [5, 5.41) is 1.11. The van der Waals surface area contributed by atoms with E-state index in [1.807, 2.05) is 65.4 Å². The van der Waals surface area contributed by atoms with Gasteiger partial charge in [0, 0.05) is 51.1 Å². The molecule has 2 aliphatic rings. The topological polar surface area (TPSA) is 43.9 Å². The SMILES string of the molecule is CC(=O)N(C)C1(c2ccccc2)CCN(CCC[C@]2(c3ccc(Cl)c(Cl)c3)CCCN(C(=O)c3ccccc3)C2)CC1.Cl. The lowest BCUT2D eigenvalue weighted by molar-refractivity contribution is -0.136. The summed E-state index contributed by atoms with van der Waals surface area (Å²) in [5.41, 5.74) is 2.65. The molecule has 230 valence electrons.